The van der Waals surface area contributed by atoms with Gasteiger partial charge in [0.25, 0.3) is 5.91 Å². The van der Waals surface area contributed by atoms with Crippen molar-refractivity contribution in [2.75, 3.05) is 27.2 Å². The van der Waals surface area contributed by atoms with Crippen LogP contribution in [-0.2, 0) is 16.6 Å². The van der Waals surface area contributed by atoms with Gasteiger partial charge in [-0.1, -0.05) is 24.1 Å². The van der Waals surface area contributed by atoms with Crippen LogP contribution in [0, 0.1) is 24.7 Å². The summed E-state index contributed by atoms with van der Waals surface area (Å²) < 4.78 is 5.79. The van der Waals surface area contributed by atoms with Crippen molar-refractivity contribution < 1.29 is 19.7 Å². The summed E-state index contributed by atoms with van der Waals surface area (Å²) in [6, 6.07) is 11.5. The molecule has 1 amide bonds. The van der Waals surface area contributed by atoms with E-state index >= 15 is 0 Å². The quantitative estimate of drug-likeness (QED) is 0.608. The number of phenols is 1. The average Bonchev–Trinajstić information content (AvgIpc) is 3.72. The topological polar surface area (TPSA) is 73.2 Å². The largest absolute Gasteiger partial charge is 0.504 e. The number of aromatic hydroxyl groups is 1. The van der Waals surface area contributed by atoms with Gasteiger partial charge in [-0.3, -0.25) is 9.69 Å². The molecule has 3 aliphatic carbocycles. The second-order valence-corrected chi connectivity index (χ2v) is 12.0. The number of piperidine rings is 1. The number of rotatable bonds is 4. The minimum atomic E-state index is -0.943. The number of nitrogens with zero attached hydrogens (tertiary/aromatic N) is 2. The fraction of sp³-hybridized carbons (Fsp3) is 0.531. The molecule has 1 heterocycles. The number of carbonyl (C=O) groups excluding carboxylic acids is 1. The molecule has 0 unspecified atom stereocenters. The van der Waals surface area contributed by atoms with Crippen molar-refractivity contribution >= 4 is 5.91 Å². The minimum absolute atomic E-state index is 0.0293. The lowest BCUT2D eigenvalue weighted by atomic mass is 9.48. The number of methoxy groups -OCH3 is 1. The Morgan fingerprint density at radius 3 is 2.76 bits per heavy atom. The molecule has 38 heavy (non-hydrogen) atoms. The zero-order valence-electron chi connectivity index (χ0n) is 22.7. The molecular formula is C32H38N2O4. The van der Waals surface area contributed by atoms with E-state index in [1.165, 1.54) is 12.8 Å². The van der Waals surface area contributed by atoms with E-state index in [1.807, 2.05) is 44.3 Å². The summed E-state index contributed by atoms with van der Waals surface area (Å²) in [7, 11) is 3.43. The lowest BCUT2D eigenvalue weighted by molar-refractivity contribution is -0.178. The molecule has 1 saturated heterocycles. The number of phenolic OH excluding ortho intramolecular Hbond substituents is 1. The highest BCUT2D eigenvalue weighted by atomic mass is 16.5. The fourth-order valence-electron chi connectivity index (χ4n) is 7.65. The van der Waals surface area contributed by atoms with Crippen molar-refractivity contribution in [3.05, 3.63) is 58.7 Å². The smallest absolute Gasteiger partial charge is 0.298 e. The van der Waals surface area contributed by atoms with E-state index in [0.717, 1.165) is 60.5 Å². The molecule has 4 atom stereocenters. The summed E-state index contributed by atoms with van der Waals surface area (Å²) in [6.45, 7) is 3.96. The van der Waals surface area contributed by atoms with Crippen LogP contribution < -0.4 is 4.74 Å². The Hall–Kier alpha value is -3.01. The fourth-order valence-corrected chi connectivity index (χ4v) is 7.65. The van der Waals surface area contributed by atoms with Gasteiger partial charge >= 0.3 is 0 Å². The number of benzene rings is 2. The summed E-state index contributed by atoms with van der Waals surface area (Å²) >= 11 is 0. The van der Waals surface area contributed by atoms with Crippen molar-refractivity contribution in [1.29, 1.82) is 0 Å². The molecule has 6 nitrogen and oxygen atoms in total. The lowest BCUT2D eigenvalue weighted by Gasteiger charge is -2.65. The van der Waals surface area contributed by atoms with E-state index < -0.39 is 11.0 Å². The van der Waals surface area contributed by atoms with Crippen LogP contribution in [0.2, 0.25) is 0 Å². The van der Waals surface area contributed by atoms with Crippen LogP contribution in [-0.4, -0.2) is 70.9 Å². The third-order valence-electron chi connectivity index (χ3n) is 9.80. The van der Waals surface area contributed by atoms with Gasteiger partial charge in [-0.15, -0.1) is 0 Å². The van der Waals surface area contributed by atoms with Crippen molar-refractivity contribution in [1.82, 2.24) is 9.80 Å². The van der Waals surface area contributed by atoms with E-state index in [4.69, 9.17) is 4.74 Å². The summed E-state index contributed by atoms with van der Waals surface area (Å²) in [5.74, 6) is 7.00. The Labute approximate surface area is 225 Å². The zero-order chi connectivity index (χ0) is 26.7. The van der Waals surface area contributed by atoms with Crippen LogP contribution in [0.15, 0.2) is 36.4 Å². The number of fused-ring (bicyclic) bond motifs is 1. The monoisotopic (exact) mass is 514 g/mol. The van der Waals surface area contributed by atoms with E-state index in [1.54, 1.807) is 18.1 Å². The molecule has 2 aromatic rings. The normalized spacial score (nSPS) is 29.9. The molecule has 2 bridgehead atoms. The van der Waals surface area contributed by atoms with Gasteiger partial charge in [-0.2, -0.15) is 0 Å². The molecule has 2 aromatic carbocycles. The van der Waals surface area contributed by atoms with Gasteiger partial charge in [0, 0.05) is 48.1 Å². The van der Waals surface area contributed by atoms with Gasteiger partial charge in [0.15, 0.2) is 11.5 Å². The molecular weight excluding hydrogens is 476 g/mol. The first-order valence-corrected chi connectivity index (χ1v) is 14.0. The minimum Gasteiger partial charge on any atom is -0.504 e. The molecule has 0 aromatic heterocycles. The van der Waals surface area contributed by atoms with Crippen molar-refractivity contribution in [2.24, 2.45) is 5.92 Å². The summed E-state index contributed by atoms with van der Waals surface area (Å²) in [6.07, 6.45) is 6.03. The van der Waals surface area contributed by atoms with Crippen molar-refractivity contribution in [3.8, 4) is 23.3 Å². The van der Waals surface area contributed by atoms with Gasteiger partial charge in [-0.25, -0.2) is 0 Å². The second-order valence-electron chi connectivity index (χ2n) is 12.0. The van der Waals surface area contributed by atoms with Gasteiger partial charge in [0.1, 0.15) is 0 Å². The van der Waals surface area contributed by atoms with Crippen molar-refractivity contribution in [3.63, 3.8) is 0 Å². The van der Waals surface area contributed by atoms with Gasteiger partial charge in [0.2, 0.25) is 0 Å². The Morgan fingerprint density at radius 2 is 2.03 bits per heavy atom. The number of likely N-dealkylation sites (tertiary alicyclic amines) is 1. The zero-order valence-corrected chi connectivity index (χ0v) is 22.7. The number of hydrogen-bond acceptors (Lipinski definition) is 5. The predicted molar refractivity (Wildman–Crippen MR) is 146 cm³/mol. The van der Waals surface area contributed by atoms with E-state index in [-0.39, 0.29) is 23.7 Å². The highest BCUT2D eigenvalue weighted by Gasteiger charge is 2.66. The Bertz CT molecular complexity index is 1320. The second kappa shape index (κ2) is 9.32. The van der Waals surface area contributed by atoms with Gasteiger partial charge in [-0.05, 0) is 93.7 Å². The predicted octanol–water partition coefficient (Wildman–Crippen LogP) is 3.78. The molecule has 6 rings (SSSR count). The van der Waals surface area contributed by atoms with Crippen molar-refractivity contribution in [2.45, 2.75) is 75.0 Å². The Morgan fingerprint density at radius 1 is 1.21 bits per heavy atom. The molecule has 200 valence electrons. The number of aliphatic hydroxyl groups is 1. The van der Waals surface area contributed by atoms with E-state index in [2.05, 4.69) is 16.7 Å². The maximum absolute atomic E-state index is 13.2. The van der Waals surface area contributed by atoms with E-state index in [9.17, 15) is 15.0 Å². The summed E-state index contributed by atoms with van der Waals surface area (Å²) in [4.78, 5) is 17.5. The standard InChI is InChI=1S/C32H38N2O4/c1-21-5-4-6-22(17-21)9-12-28(36)33(2)25-13-14-32(37)27-18-24-10-11-26(35)30(38-3)29(24)31(32,19-25)15-16-34(27)20-23-7-8-23/h4-6,10-11,17,23,25,27,35,37H,7-8,13-16,18-20H2,1-3H3/t25-,27+,31+,32+/m0/s1. The van der Waals surface area contributed by atoms with E-state index in [0.29, 0.717) is 18.6 Å². The molecule has 3 fully saturated rings. The summed E-state index contributed by atoms with van der Waals surface area (Å²) in [5, 5.41) is 23.4. The number of carbonyl (C=O) groups is 1. The SMILES string of the molecule is COc1c(O)ccc2c1[C@]13CCN(CC4CC4)[C@H](C2)[C@]1(O)CC[C@H](N(C)C(=O)C#Cc1cccc(C)c1)C3. The third-order valence-corrected chi connectivity index (χ3v) is 9.80. The first kappa shape index (κ1) is 25.3. The number of amides is 1. The Balaban J connectivity index is 1.35. The van der Waals surface area contributed by atoms with Crippen LogP contribution in [0.25, 0.3) is 0 Å². The maximum atomic E-state index is 13.2. The van der Waals surface area contributed by atoms with Crippen LogP contribution in [0.5, 0.6) is 11.5 Å². The van der Waals surface area contributed by atoms with Crippen LogP contribution in [0.4, 0.5) is 0 Å². The van der Waals surface area contributed by atoms with Gasteiger partial charge < -0.3 is 19.8 Å². The molecule has 4 aliphatic rings. The summed E-state index contributed by atoms with van der Waals surface area (Å²) in [5.41, 5.74) is 2.48. The first-order chi connectivity index (χ1) is 18.3. The molecule has 0 radical (unpaired) electrons. The first-order valence-electron chi connectivity index (χ1n) is 14.0. The number of ether oxygens (including phenoxy) is 1. The number of aryl methyl sites for hydroxylation is 1. The number of hydrogen-bond donors (Lipinski definition) is 2. The molecule has 0 spiro atoms. The molecule has 1 aliphatic heterocycles. The molecule has 2 saturated carbocycles. The van der Waals surface area contributed by atoms with Crippen LogP contribution >= 0.6 is 0 Å². The highest BCUT2D eigenvalue weighted by molar-refractivity contribution is 5.94. The van der Waals surface area contributed by atoms with Crippen LogP contribution in [0.1, 0.15) is 60.8 Å². The highest BCUT2D eigenvalue weighted by Crippen LogP contribution is 2.61. The van der Waals surface area contributed by atoms with Crippen LogP contribution in [0.3, 0.4) is 0 Å². The van der Waals surface area contributed by atoms with Gasteiger partial charge in [0.05, 0.1) is 12.7 Å². The third kappa shape index (κ3) is 3.99. The lowest BCUT2D eigenvalue weighted by Crippen LogP contribution is -2.74. The average molecular weight is 515 g/mol. The Kier molecular flexibility index (Phi) is 6.20. The maximum Gasteiger partial charge on any atom is 0.298 e. The molecule has 2 N–H and O–H groups in total. The molecule has 6 heteroatoms.